The molecule has 0 aliphatic rings. The normalized spacial score (nSPS) is 11.6. The highest BCUT2D eigenvalue weighted by atomic mass is 35.5. The van der Waals surface area contributed by atoms with Crippen LogP contribution >= 0.6 is 11.6 Å². The molecular formula is C15H11ClF3N5O2. The zero-order valence-corrected chi connectivity index (χ0v) is 13.9. The second-order valence-corrected chi connectivity index (χ2v) is 5.53. The van der Waals surface area contributed by atoms with E-state index in [1.54, 1.807) is 0 Å². The SMILES string of the molecule is COC(=O)Nc1ccc2c(-c3nc(N)ncc3C(F)(F)F)c[nH]c2c1Cl. The predicted molar refractivity (Wildman–Crippen MR) is 89.8 cm³/mol. The number of anilines is 2. The van der Waals surface area contributed by atoms with Crippen LogP contribution in [0, 0.1) is 0 Å². The van der Waals surface area contributed by atoms with E-state index >= 15 is 0 Å². The Labute approximate surface area is 149 Å². The fraction of sp³-hybridized carbons (Fsp3) is 0.133. The zero-order valence-electron chi connectivity index (χ0n) is 13.1. The third-order valence-electron chi connectivity index (χ3n) is 3.58. The summed E-state index contributed by atoms with van der Waals surface area (Å²) in [5.41, 5.74) is 4.76. The third-order valence-corrected chi connectivity index (χ3v) is 3.98. The van der Waals surface area contributed by atoms with Crippen molar-refractivity contribution < 1.29 is 22.7 Å². The molecule has 0 saturated carbocycles. The first-order valence-electron chi connectivity index (χ1n) is 7.07. The van der Waals surface area contributed by atoms with E-state index in [4.69, 9.17) is 17.3 Å². The maximum absolute atomic E-state index is 13.3. The van der Waals surface area contributed by atoms with Gasteiger partial charge in [-0.1, -0.05) is 11.6 Å². The van der Waals surface area contributed by atoms with E-state index in [0.717, 1.165) is 0 Å². The number of fused-ring (bicyclic) bond motifs is 1. The number of aromatic nitrogens is 3. The lowest BCUT2D eigenvalue weighted by molar-refractivity contribution is -0.137. The highest BCUT2D eigenvalue weighted by Crippen LogP contribution is 2.40. The summed E-state index contributed by atoms with van der Waals surface area (Å²) < 4.78 is 44.3. The summed E-state index contributed by atoms with van der Waals surface area (Å²) in [6.45, 7) is 0. The zero-order chi connectivity index (χ0) is 19.1. The molecule has 0 aliphatic heterocycles. The molecular weight excluding hydrogens is 375 g/mol. The number of hydrogen-bond acceptors (Lipinski definition) is 5. The van der Waals surface area contributed by atoms with Crippen LogP contribution in [-0.2, 0) is 10.9 Å². The van der Waals surface area contributed by atoms with Crippen molar-refractivity contribution in [2.24, 2.45) is 0 Å². The quantitative estimate of drug-likeness (QED) is 0.617. The number of nitrogen functional groups attached to an aromatic ring is 1. The number of benzene rings is 1. The van der Waals surface area contributed by atoms with Crippen molar-refractivity contribution in [3.05, 3.63) is 35.1 Å². The predicted octanol–water partition coefficient (Wildman–Crippen LogP) is 4.06. The van der Waals surface area contributed by atoms with Crippen LogP contribution < -0.4 is 11.1 Å². The Kier molecular flexibility index (Phi) is 4.36. The largest absolute Gasteiger partial charge is 0.453 e. The van der Waals surface area contributed by atoms with Gasteiger partial charge >= 0.3 is 12.3 Å². The molecule has 26 heavy (non-hydrogen) atoms. The number of rotatable bonds is 2. The Morgan fingerprint density at radius 3 is 2.77 bits per heavy atom. The topological polar surface area (TPSA) is 106 Å². The van der Waals surface area contributed by atoms with Crippen LogP contribution in [0.25, 0.3) is 22.2 Å². The minimum absolute atomic E-state index is 0.106. The van der Waals surface area contributed by atoms with E-state index in [-0.39, 0.29) is 27.9 Å². The summed E-state index contributed by atoms with van der Waals surface area (Å²) in [6.07, 6.45) is -3.44. The Bertz CT molecular complexity index is 1000. The van der Waals surface area contributed by atoms with Crippen molar-refractivity contribution >= 4 is 40.2 Å². The molecule has 0 bridgehead atoms. The smallest absolute Gasteiger partial charge is 0.419 e. The fourth-order valence-electron chi connectivity index (χ4n) is 2.43. The van der Waals surface area contributed by atoms with E-state index in [9.17, 15) is 18.0 Å². The molecule has 0 atom stereocenters. The van der Waals surface area contributed by atoms with Crippen molar-refractivity contribution in [3.63, 3.8) is 0 Å². The van der Waals surface area contributed by atoms with Crippen molar-refractivity contribution in [1.82, 2.24) is 15.0 Å². The van der Waals surface area contributed by atoms with Gasteiger partial charge in [-0.05, 0) is 12.1 Å². The van der Waals surface area contributed by atoms with Crippen molar-refractivity contribution in [3.8, 4) is 11.3 Å². The molecule has 0 fully saturated rings. The number of amides is 1. The minimum Gasteiger partial charge on any atom is -0.453 e. The lowest BCUT2D eigenvalue weighted by atomic mass is 10.1. The minimum atomic E-state index is -4.66. The average Bonchev–Trinajstić information content (AvgIpc) is 3.00. The summed E-state index contributed by atoms with van der Waals surface area (Å²) in [5.74, 6) is -0.294. The van der Waals surface area contributed by atoms with Gasteiger partial charge in [0.15, 0.2) is 0 Å². The van der Waals surface area contributed by atoms with Crippen LogP contribution in [0.2, 0.25) is 5.02 Å². The van der Waals surface area contributed by atoms with Crippen LogP contribution in [0.15, 0.2) is 24.5 Å². The first-order chi connectivity index (χ1) is 12.2. The second kappa shape index (κ2) is 6.37. The number of aromatic amines is 1. The summed E-state index contributed by atoms with van der Waals surface area (Å²) in [7, 11) is 1.19. The Balaban J connectivity index is 2.18. The van der Waals surface area contributed by atoms with Gasteiger partial charge in [-0.2, -0.15) is 13.2 Å². The molecule has 0 unspecified atom stereocenters. The second-order valence-electron chi connectivity index (χ2n) is 5.16. The van der Waals surface area contributed by atoms with Crippen LogP contribution in [0.1, 0.15) is 5.56 Å². The molecule has 7 nitrogen and oxygen atoms in total. The summed E-state index contributed by atoms with van der Waals surface area (Å²) >= 11 is 6.22. The Hall–Kier alpha value is -3.01. The van der Waals surface area contributed by atoms with Gasteiger partial charge in [0.1, 0.15) is 5.56 Å². The van der Waals surface area contributed by atoms with Crippen LogP contribution in [0.5, 0.6) is 0 Å². The molecule has 2 aromatic heterocycles. The number of alkyl halides is 3. The summed E-state index contributed by atoms with van der Waals surface area (Å²) in [5, 5.41) is 2.88. The van der Waals surface area contributed by atoms with Gasteiger partial charge in [-0.15, -0.1) is 0 Å². The van der Waals surface area contributed by atoms with E-state index in [0.29, 0.717) is 17.1 Å². The maximum Gasteiger partial charge on any atom is 0.419 e. The van der Waals surface area contributed by atoms with Crippen molar-refractivity contribution in [2.75, 3.05) is 18.2 Å². The first-order valence-corrected chi connectivity index (χ1v) is 7.44. The van der Waals surface area contributed by atoms with E-state index in [1.807, 2.05) is 0 Å². The number of carbonyl (C=O) groups is 1. The molecule has 11 heteroatoms. The highest BCUT2D eigenvalue weighted by molar-refractivity contribution is 6.38. The van der Waals surface area contributed by atoms with Gasteiger partial charge in [-0.3, -0.25) is 5.32 Å². The van der Waals surface area contributed by atoms with Crippen LogP contribution in [0.3, 0.4) is 0 Å². The molecule has 136 valence electrons. The van der Waals surface area contributed by atoms with E-state index in [2.05, 4.69) is 25.0 Å². The van der Waals surface area contributed by atoms with Gasteiger partial charge < -0.3 is 15.5 Å². The van der Waals surface area contributed by atoms with Crippen LogP contribution in [-0.4, -0.2) is 28.2 Å². The van der Waals surface area contributed by atoms with Gasteiger partial charge in [0.2, 0.25) is 5.95 Å². The number of ether oxygens (including phenoxy) is 1. The molecule has 0 radical (unpaired) electrons. The van der Waals surface area contributed by atoms with Crippen molar-refractivity contribution in [1.29, 1.82) is 0 Å². The molecule has 0 spiro atoms. The monoisotopic (exact) mass is 385 g/mol. The summed E-state index contributed by atoms with van der Waals surface area (Å²) in [4.78, 5) is 21.3. The van der Waals surface area contributed by atoms with Crippen molar-refractivity contribution in [2.45, 2.75) is 6.18 Å². The average molecular weight is 386 g/mol. The maximum atomic E-state index is 13.3. The Morgan fingerprint density at radius 1 is 1.38 bits per heavy atom. The first kappa shape index (κ1) is 17.8. The van der Waals surface area contributed by atoms with Crippen LogP contribution in [0.4, 0.5) is 29.6 Å². The lowest BCUT2D eigenvalue weighted by Crippen LogP contribution is -2.11. The van der Waals surface area contributed by atoms with Gasteiger partial charge in [0.05, 0.1) is 29.0 Å². The van der Waals surface area contributed by atoms with Gasteiger partial charge in [-0.25, -0.2) is 14.8 Å². The van der Waals surface area contributed by atoms with E-state index in [1.165, 1.54) is 25.4 Å². The molecule has 0 aliphatic carbocycles. The van der Waals surface area contributed by atoms with Gasteiger partial charge in [0.25, 0.3) is 0 Å². The number of H-pyrrole nitrogens is 1. The molecule has 1 aromatic carbocycles. The number of hydrogen-bond donors (Lipinski definition) is 3. The fourth-order valence-corrected chi connectivity index (χ4v) is 2.69. The summed E-state index contributed by atoms with van der Waals surface area (Å²) in [6, 6.07) is 2.94. The number of nitrogens with one attached hydrogen (secondary N) is 2. The molecule has 1 amide bonds. The third kappa shape index (κ3) is 3.10. The number of methoxy groups -OCH3 is 1. The molecule has 3 aromatic rings. The molecule has 4 N–H and O–H groups in total. The highest BCUT2D eigenvalue weighted by Gasteiger charge is 2.36. The van der Waals surface area contributed by atoms with E-state index < -0.39 is 17.8 Å². The lowest BCUT2D eigenvalue weighted by Gasteiger charge is -2.12. The number of nitrogens with two attached hydrogens (primary N) is 1. The molecule has 2 heterocycles. The number of halogens is 4. The van der Waals surface area contributed by atoms with Gasteiger partial charge in [0, 0.05) is 23.3 Å². The molecule has 0 saturated heterocycles. The number of nitrogens with zero attached hydrogens (tertiary/aromatic N) is 2. The standard InChI is InChI=1S/C15H11ClF3N5O2/c1-26-14(25)23-9-3-2-6-7(4-21-12(6)10(9)16)11-8(15(17,18)19)5-22-13(20)24-11/h2-5,21H,1H3,(H,23,25)(H2,20,22,24). The molecule has 3 rings (SSSR count). The number of carbonyl (C=O) groups excluding carboxylic acids is 1. The Morgan fingerprint density at radius 2 is 2.12 bits per heavy atom.